The summed E-state index contributed by atoms with van der Waals surface area (Å²) in [5, 5.41) is 6.98. The van der Waals surface area contributed by atoms with Gasteiger partial charge >= 0.3 is 6.03 Å². The second-order valence-electron chi connectivity index (χ2n) is 9.12. The first kappa shape index (κ1) is 22.5. The summed E-state index contributed by atoms with van der Waals surface area (Å²) in [6.07, 6.45) is 5.90. The molecule has 0 bridgehead atoms. The molecule has 6 rings (SSSR count). The van der Waals surface area contributed by atoms with E-state index in [4.69, 9.17) is 9.98 Å². The van der Waals surface area contributed by atoms with Crippen LogP contribution in [-0.4, -0.2) is 65.5 Å². The molecule has 2 atom stereocenters. The third-order valence-electron chi connectivity index (χ3n) is 6.63. The third kappa shape index (κ3) is 3.85. The van der Waals surface area contributed by atoms with Gasteiger partial charge < -0.3 is 4.90 Å². The number of fused-ring (bicyclic) bond motifs is 2. The molecule has 5 heterocycles. The molecule has 4 aromatic rings. The van der Waals surface area contributed by atoms with Gasteiger partial charge in [0.2, 0.25) is 0 Å². The van der Waals surface area contributed by atoms with Crippen molar-refractivity contribution in [1.29, 1.82) is 0 Å². The van der Waals surface area contributed by atoms with Gasteiger partial charge in [-0.05, 0) is 25.5 Å². The highest BCUT2D eigenvalue weighted by Crippen LogP contribution is 2.29. The topological polar surface area (TPSA) is 100 Å². The summed E-state index contributed by atoms with van der Waals surface area (Å²) < 4.78 is 3.80. The molecule has 36 heavy (non-hydrogen) atoms. The molecule has 3 amide bonds. The van der Waals surface area contributed by atoms with Crippen molar-refractivity contribution in [1.82, 2.24) is 34.3 Å². The second kappa shape index (κ2) is 8.59. The number of nitrogens with one attached hydrogen (secondary N) is 1. The minimum atomic E-state index is -0.584. The van der Waals surface area contributed by atoms with E-state index in [9.17, 15) is 9.59 Å². The molecular formula is C25H26N8O2S. The van der Waals surface area contributed by atoms with Crippen molar-refractivity contribution in [2.75, 3.05) is 6.54 Å². The van der Waals surface area contributed by atoms with Crippen LogP contribution in [0, 0.1) is 6.92 Å². The summed E-state index contributed by atoms with van der Waals surface area (Å²) in [4.78, 5) is 40.9. The molecule has 1 aromatic carbocycles. The largest absolute Gasteiger partial charge is 0.340 e. The van der Waals surface area contributed by atoms with Crippen molar-refractivity contribution in [2.24, 2.45) is 12.0 Å². The Balaban J connectivity index is 1.31. The number of imidazole rings is 1. The van der Waals surface area contributed by atoms with Crippen molar-refractivity contribution < 1.29 is 9.59 Å². The number of thiazole rings is 1. The van der Waals surface area contributed by atoms with E-state index in [1.54, 1.807) is 20.9 Å². The zero-order valence-electron chi connectivity index (χ0n) is 20.3. The fourth-order valence-electron chi connectivity index (χ4n) is 4.93. The van der Waals surface area contributed by atoms with E-state index < -0.39 is 18.2 Å². The van der Waals surface area contributed by atoms with Crippen molar-refractivity contribution in [3.05, 3.63) is 65.1 Å². The first-order valence-corrected chi connectivity index (χ1v) is 12.7. The minimum absolute atomic E-state index is 0.319. The Morgan fingerprint density at radius 1 is 1.08 bits per heavy atom. The first-order valence-electron chi connectivity index (χ1n) is 11.9. The number of hydrogen-bond acceptors (Lipinski definition) is 7. The number of aliphatic imine (C=N–C) groups is 1. The van der Waals surface area contributed by atoms with Crippen molar-refractivity contribution in [2.45, 2.75) is 39.0 Å². The molecule has 10 nitrogen and oxygen atoms in total. The highest BCUT2D eigenvalue weighted by Gasteiger charge is 2.49. The van der Waals surface area contributed by atoms with Gasteiger partial charge in [0.1, 0.15) is 5.84 Å². The van der Waals surface area contributed by atoms with Gasteiger partial charge in [0.05, 0.1) is 11.4 Å². The van der Waals surface area contributed by atoms with E-state index in [1.807, 2.05) is 66.0 Å². The zero-order valence-corrected chi connectivity index (χ0v) is 21.1. The van der Waals surface area contributed by atoms with Crippen molar-refractivity contribution >= 4 is 34.1 Å². The van der Waals surface area contributed by atoms with Crippen LogP contribution in [0.1, 0.15) is 23.1 Å². The van der Waals surface area contributed by atoms with E-state index >= 15 is 0 Å². The SMILES string of the molecule is CCN1C(=O)NC(=O)C2C1N=C(Cc1cn3cc(C)sc3n1)N2Cc1ccc(-c2ccn(C)n2)cc1. The zero-order chi connectivity index (χ0) is 25.0. The minimum Gasteiger partial charge on any atom is -0.340 e. The normalized spacial score (nSPS) is 19.7. The van der Waals surface area contributed by atoms with Gasteiger partial charge in [0, 0.05) is 55.6 Å². The lowest BCUT2D eigenvalue weighted by Gasteiger charge is -2.37. The van der Waals surface area contributed by atoms with Crippen LogP contribution in [0.5, 0.6) is 0 Å². The molecule has 2 unspecified atom stereocenters. The number of carbonyl (C=O) groups is 2. The standard InChI is InChI=1S/C25H26N8O2S/c1-4-32-22-21(23(34)28-24(32)35)33(13-16-5-7-17(8-6-16)19-9-10-30(3)29-19)20(27-22)11-18-14-31-12-15(2)36-25(31)26-18/h5-10,12,14,21-22H,4,11,13H2,1-3H3,(H,28,34,35). The molecule has 0 saturated carbocycles. The molecule has 2 aliphatic heterocycles. The number of amides is 3. The monoisotopic (exact) mass is 502 g/mol. The molecule has 3 aromatic heterocycles. The summed E-state index contributed by atoms with van der Waals surface area (Å²) >= 11 is 1.63. The maximum Gasteiger partial charge on any atom is 0.325 e. The van der Waals surface area contributed by atoms with Crippen molar-refractivity contribution in [3.8, 4) is 11.3 Å². The van der Waals surface area contributed by atoms with E-state index in [2.05, 4.69) is 23.5 Å². The van der Waals surface area contributed by atoms with E-state index in [0.717, 1.165) is 33.3 Å². The first-order chi connectivity index (χ1) is 17.4. The van der Waals surface area contributed by atoms with Crippen LogP contribution in [0.3, 0.4) is 0 Å². The van der Waals surface area contributed by atoms with Crippen LogP contribution in [0.15, 0.2) is 53.9 Å². The number of hydrogen-bond donors (Lipinski definition) is 1. The number of aromatic nitrogens is 4. The van der Waals surface area contributed by atoms with Gasteiger partial charge in [-0.15, -0.1) is 11.3 Å². The number of rotatable bonds is 6. The van der Waals surface area contributed by atoms with E-state index in [-0.39, 0.29) is 5.91 Å². The van der Waals surface area contributed by atoms with Crippen molar-refractivity contribution in [3.63, 3.8) is 0 Å². The Bertz CT molecular complexity index is 1470. The second-order valence-corrected chi connectivity index (χ2v) is 10.3. The maximum absolute atomic E-state index is 13.0. The number of likely N-dealkylation sites (N-methyl/N-ethyl adjacent to an activating group) is 1. The van der Waals surface area contributed by atoms with Gasteiger partial charge in [0.15, 0.2) is 17.2 Å². The highest BCUT2D eigenvalue weighted by molar-refractivity contribution is 7.16. The summed E-state index contributed by atoms with van der Waals surface area (Å²) in [7, 11) is 1.90. The van der Waals surface area contributed by atoms with Gasteiger partial charge in [-0.2, -0.15) is 5.10 Å². The number of amidine groups is 1. The number of nitrogens with zero attached hydrogens (tertiary/aromatic N) is 7. The quantitative estimate of drug-likeness (QED) is 0.437. The fraction of sp³-hybridized carbons (Fsp3) is 0.320. The van der Waals surface area contributed by atoms with Crippen LogP contribution in [0.2, 0.25) is 0 Å². The van der Waals surface area contributed by atoms with E-state index in [0.29, 0.717) is 19.5 Å². The van der Waals surface area contributed by atoms with Gasteiger partial charge in [-0.3, -0.25) is 24.1 Å². The smallest absolute Gasteiger partial charge is 0.325 e. The lowest BCUT2D eigenvalue weighted by atomic mass is 10.1. The van der Waals surface area contributed by atoms with E-state index in [1.165, 1.54) is 4.88 Å². The van der Waals surface area contributed by atoms with Crippen LogP contribution in [0.25, 0.3) is 16.2 Å². The Kier molecular flexibility index (Phi) is 5.36. The molecule has 0 spiro atoms. The van der Waals surface area contributed by atoms with Crippen LogP contribution in [-0.2, 0) is 24.8 Å². The Morgan fingerprint density at radius 3 is 2.58 bits per heavy atom. The lowest BCUT2D eigenvalue weighted by Crippen LogP contribution is -2.64. The number of aryl methyl sites for hydroxylation is 2. The summed E-state index contributed by atoms with van der Waals surface area (Å²) in [6, 6.07) is 9.17. The van der Waals surface area contributed by atoms with Gasteiger partial charge in [-0.1, -0.05) is 24.3 Å². The highest BCUT2D eigenvalue weighted by atomic mass is 32.1. The molecule has 1 fully saturated rings. The Morgan fingerprint density at radius 2 is 1.89 bits per heavy atom. The summed E-state index contributed by atoms with van der Waals surface area (Å²) in [6.45, 7) is 4.90. The molecule has 1 saturated heterocycles. The number of benzene rings is 1. The summed E-state index contributed by atoms with van der Waals surface area (Å²) in [5.41, 5.74) is 3.85. The number of carbonyl (C=O) groups excluding carboxylic acids is 2. The molecule has 184 valence electrons. The molecular weight excluding hydrogens is 476 g/mol. The van der Waals surface area contributed by atoms with Gasteiger partial charge in [-0.25, -0.2) is 14.8 Å². The average Bonchev–Trinajstić information content (AvgIpc) is 3.59. The molecule has 1 N–H and O–H groups in total. The molecule has 0 aliphatic carbocycles. The van der Waals surface area contributed by atoms with Gasteiger partial charge in [0.25, 0.3) is 5.91 Å². The number of urea groups is 1. The predicted molar refractivity (Wildman–Crippen MR) is 137 cm³/mol. The maximum atomic E-state index is 13.0. The van der Waals surface area contributed by atoms with Crippen LogP contribution < -0.4 is 5.32 Å². The Hall–Kier alpha value is -3.99. The predicted octanol–water partition coefficient (Wildman–Crippen LogP) is 2.83. The number of imide groups is 1. The molecule has 0 radical (unpaired) electrons. The van der Waals surface area contributed by atoms with Crippen LogP contribution in [0.4, 0.5) is 4.79 Å². The third-order valence-corrected chi connectivity index (χ3v) is 7.54. The van der Waals surface area contributed by atoms with Crippen LogP contribution >= 0.6 is 11.3 Å². The fourth-order valence-corrected chi connectivity index (χ4v) is 5.76. The Labute approximate surface area is 211 Å². The average molecular weight is 503 g/mol. The lowest BCUT2D eigenvalue weighted by molar-refractivity contribution is -0.127. The summed E-state index contributed by atoms with van der Waals surface area (Å²) in [5.74, 6) is 0.435. The molecule has 2 aliphatic rings. The molecule has 11 heteroatoms.